The van der Waals surface area contributed by atoms with Crippen LogP contribution in [0.25, 0.3) is 0 Å². The van der Waals surface area contributed by atoms with E-state index in [0.717, 1.165) is 5.69 Å². The predicted molar refractivity (Wildman–Crippen MR) is 70.2 cm³/mol. The first-order chi connectivity index (χ1) is 8.99. The van der Waals surface area contributed by atoms with Gasteiger partial charge in [-0.15, -0.1) is 0 Å². The Morgan fingerprint density at radius 3 is 2.84 bits per heavy atom. The molecule has 0 fully saturated rings. The molecule has 6 nitrogen and oxygen atoms in total. The van der Waals surface area contributed by atoms with Gasteiger partial charge in [0, 0.05) is 13.2 Å². The summed E-state index contributed by atoms with van der Waals surface area (Å²) < 4.78 is 6.47. The Labute approximate surface area is 110 Å². The van der Waals surface area contributed by atoms with Crippen LogP contribution < -0.4 is 10.9 Å². The van der Waals surface area contributed by atoms with Crippen molar-refractivity contribution in [2.24, 2.45) is 7.05 Å². The van der Waals surface area contributed by atoms with E-state index in [-0.39, 0.29) is 23.1 Å². The fourth-order valence-electron chi connectivity index (χ4n) is 1.54. The number of pyridine rings is 1. The molecule has 0 aliphatic heterocycles. The summed E-state index contributed by atoms with van der Waals surface area (Å²) in [5.74, 6) is -0.322. The van der Waals surface area contributed by atoms with Crippen molar-refractivity contribution in [1.82, 2.24) is 9.55 Å². The van der Waals surface area contributed by atoms with Crippen LogP contribution >= 0.6 is 0 Å². The molecule has 0 unspecified atom stereocenters. The normalized spacial score (nSPS) is 10.7. The van der Waals surface area contributed by atoms with Gasteiger partial charge in [0.05, 0.1) is 5.69 Å². The van der Waals surface area contributed by atoms with Crippen LogP contribution in [0.4, 0.5) is 6.01 Å². The second-order valence-electron chi connectivity index (χ2n) is 4.52. The summed E-state index contributed by atoms with van der Waals surface area (Å²) in [5.41, 5.74) is 0.432. The summed E-state index contributed by atoms with van der Waals surface area (Å²) in [6.07, 6.45) is 3.07. The first-order valence-electron chi connectivity index (χ1n) is 5.91. The summed E-state index contributed by atoms with van der Waals surface area (Å²) in [5, 5.41) is 2.47. The van der Waals surface area contributed by atoms with Gasteiger partial charge in [-0.25, -0.2) is 0 Å². The number of aromatic nitrogens is 2. The Kier molecular flexibility index (Phi) is 3.50. The highest BCUT2D eigenvalue weighted by molar-refractivity contribution is 6.02. The number of amides is 1. The third kappa shape index (κ3) is 2.73. The maximum atomic E-state index is 11.9. The maximum absolute atomic E-state index is 11.9. The number of nitrogens with one attached hydrogen (secondary N) is 1. The summed E-state index contributed by atoms with van der Waals surface area (Å²) >= 11 is 0. The van der Waals surface area contributed by atoms with Crippen molar-refractivity contribution in [2.45, 2.75) is 19.8 Å². The largest absolute Gasteiger partial charge is 0.432 e. The molecular weight excluding hydrogens is 246 g/mol. The molecule has 100 valence electrons. The highest BCUT2D eigenvalue weighted by atomic mass is 16.4. The van der Waals surface area contributed by atoms with Gasteiger partial charge in [0.1, 0.15) is 11.8 Å². The molecule has 1 N–H and O–H groups in total. The molecule has 0 aliphatic carbocycles. The Hall–Kier alpha value is -2.37. The van der Waals surface area contributed by atoms with Crippen molar-refractivity contribution < 1.29 is 9.21 Å². The van der Waals surface area contributed by atoms with E-state index in [0.29, 0.717) is 0 Å². The van der Waals surface area contributed by atoms with Crippen molar-refractivity contribution in [3.05, 3.63) is 46.2 Å². The second kappa shape index (κ2) is 5.09. The van der Waals surface area contributed by atoms with Crippen molar-refractivity contribution in [3.8, 4) is 0 Å². The molecule has 2 aromatic heterocycles. The molecule has 0 aromatic carbocycles. The van der Waals surface area contributed by atoms with Crippen LogP contribution in [0.5, 0.6) is 0 Å². The molecule has 0 radical (unpaired) electrons. The molecule has 0 bridgehead atoms. The third-order valence-corrected chi connectivity index (χ3v) is 2.70. The molecule has 2 aromatic rings. The molecule has 0 saturated carbocycles. The average molecular weight is 261 g/mol. The number of aryl methyl sites for hydroxylation is 1. The fourth-order valence-corrected chi connectivity index (χ4v) is 1.54. The SMILES string of the molecule is CC(C)c1coc(NC(=O)c2cccn(C)c2=O)n1. The Bertz CT molecular complexity index is 655. The van der Waals surface area contributed by atoms with E-state index in [9.17, 15) is 9.59 Å². The zero-order valence-electron chi connectivity index (χ0n) is 11.0. The van der Waals surface area contributed by atoms with Gasteiger partial charge in [-0.2, -0.15) is 4.98 Å². The summed E-state index contributed by atoms with van der Waals surface area (Å²) in [4.78, 5) is 27.8. The lowest BCUT2D eigenvalue weighted by Crippen LogP contribution is -2.27. The number of rotatable bonds is 3. The number of hydrogen-bond donors (Lipinski definition) is 1. The summed E-state index contributed by atoms with van der Waals surface area (Å²) in [6.45, 7) is 3.94. The molecule has 0 atom stereocenters. The molecule has 0 spiro atoms. The van der Waals surface area contributed by atoms with Crippen molar-refractivity contribution in [2.75, 3.05) is 5.32 Å². The quantitative estimate of drug-likeness (QED) is 0.913. The van der Waals surface area contributed by atoms with Gasteiger partial charge < -0.3 is 8.98 Å². The maximum Gasteiger partial charge on any atom is 0.301 e. The van der Waals surface area contributed by atoms with E-state index in [2.05, 4.69) is 10.3 Å². The van der Waals surface area contributed by atoms with Crippen molar-refractivity contribution in [1.29, 1.82) is 0 Å². The smallest absolute Gasteiger partial charge is 0.301 e. The number of nitrogens with zero attached hydrogens (tertiary/aromatic N) is 2. The summed E-state index contributed by atoms with van der Waals surface area (Å²) in [7, 11) is 1.58. The lowest BCUT2D eigenvalue weighted by atomic mass is 10.2. The van der Waals surface area contributed by atoms with Gasteiger partial charge in [-0.05, 0) is 18.1 Å². The predicted octanol–water partition coefficient (Wildman–Crippen LogP) is 1.75. The number of hydrogen-bond acceptors (Lipinski definition) is 4. The van der Waals surface area contributed by atoms with Crippen LogP contribution in [-0.4, -0.2) is 15.5 Å². The number of anilines is 1. The standard InChI is InChI=1S/C13H15N3O3/c1-8(2)10-7-19-13(14-10)15-11(17)9-5-4-6-16(3)12(9)18/h4-8H,1-3H3,(H,14,15,17). The zero-order valence-corrected chi connectivity index (χ0v) is 11.0. The van der Waals surface area contributed by atoms with E-state index in [1.807, 2.05) is 13.8 Å². The fraction of sp³-hybridized carbons (Fsp3) is 0.308. The first kappa shape index (κ1) is 13.1. The monoisotopic (exact) mass is 261 g/mol. The molecule has 2 heterocycles. The third-order valence-electron chi connectivity index (χ3n) is 2.70. The van der Waals surface area contributed by atoms with E-state index in [1.165, 1.54) is 16.9 Å². The van der Waals surface area contributed by atoms with Crippen LogP contribution in [0.3, 0.4) is 0 Å². The van der Waals surface area contributed by atoms with Gasteiger partial charge in [-0.1, -0.05) is 13.8 Å². The minimum Gasteiger partial charge on any atom is -0.432 e. The molecular formula is C13H15N3O3. The highest BCUT2D eigenvalue weighted by Gasteiger charge is 2.14. The topological polar surface area (TPSA) is 77.1 Å². The van der Waals surface area contributed by atoms with Crippen LogP contribution in [0.15, 0.2) is 33.8 Å². The summed E-state index contributed by atoms with van der Waals surface area (Å²) in [6, 6.07) is 3.19. The average Bonchev–Trinajstić information content (AvgIpc) is 2.81. The molecule has 0 aliphatic rings. The molecule has 2 rings (SSSR count). The molecule has 0 saturated heterocycles. The molecule has 19 heavy (non-hydrogen) atoms. The van der Waals surface area contributed by atoms with E-state index < -0.39 is 5.91 Å². The molecule has 6 heteroatoms. The number of oxazole rings is 1. The minimum absolute atomic E-state index is 0.0503. The van der Waals surface area contributed by atoms with Crippen LogP contribution in [-0.2, 0) is 7.05 Å². The van der Waals surface area contributed by atoms with E-state index in [4.69, 9.17) is 4.42 Å². The Morgan fingerprint density at radius 1 is 1.47 bits per heavy atom. The number of carbonyl (C=O) groups excluding carboxylic acids is 1. The van der Waals surface area contributed by atoms with Gasteiger partial charge in [0.2, 0.25) is 0 Å². The van der Waals surface area contributed by atoms with E-state index in [1.54, 1.807) is 19.3 Å². The Balaban J connectivity index is 2.21. The number of carbonyl (C=O) groups is 1. The lowest BCUT2D eigenvalue weighted by Gasteiger charge is -2.02. The van der Waals surface area contributed by atoms with Crippen molar-refractivity contribution >= 4 is 11.9 Å². The van der Waals surface area contributed by atoms with Crippen LogP contribution in [0, 0.1) is 0 Å². The first-order valence-corrected chi connectivity index (χ1v) is 5.91. The van der Waals surface area contributed by atoms with Gasteiger partial charge >= 0.3 is 6.01 Å². The second-order valence-corrected chi connectivity index (χ2v) is 4.52. The Morgan fingerprint density at radius 2 is 2.21 bits per heavy atom. The minimum atomic E-state index is -0.529. The van der Waals surface area contributed by atoms with Gasteiger partial charge in [-0.3, -0.25) is 14.9 Å². The van der Waals surface area contributed by atoms with Crippen molar-refractivity contribution in [3.63, 3.8) is 0 Å². The highest BCUT2D eigenvalue weighted by Crippen LogP contribution is 2.16. The van der Waals surface area contributed by atoms with Crippen LogP contribution in [0.1, 0.15) is 35.8 Å². The van der Waals surface area contributed by atoms with Gasteiger partial charge in [0.25, 0.3) is 11.5 Å². The van der Waals surface area contributed by atoms with E-state index >= 15 is 0 Å². The van der Waals surface area contributed by atoms with Gasteiger partial charge in [0.15, 0.2) is 0 Å². The zero-order chi connectivity index (χ0) is 14.0. The lowest BCUT2D eigenvalue weighted by molar-refractivity contribution is 0.102. The van der Waals surface area contributed by atoms with Crippen LogP contribution in [0.2, 0.25) is 0 Å². The molecule has 1 amide bonds.